The quantitative estimate of drug-likeness (QED) is 0.187. The zero-order valence-electron chi connectivity index (χ0n) is 27.1. The van der Waals surface area contributed by atoms with Gasteiger partial charge in [0.2, 0.25) is 17.7 Å². The molecule has 2 heterocycles. The van der Waals surface area contributed by atoms with Crippen LogP contribution in [0.5, 0.6) is 0 Å². The van der Waals surface area contributed by atoms with E-state index >= 15 is 0 Å². The molecular weight excluding hydrogens is 576 g/mol. The van der Waals surface area contributed by atoms with Crippen LogP contribution >= 0.6 is 11.3 Å². The Balaban J connectivity index is 1.56. The molecule has 0 aliphatic carbocycles. The summed E-state index contributed by atoms with van der Waals surface area (Å²) in [5.41, 5.74) is 4.23. The molecule has 1 aliphatic rings. The average Bonchev–Trinajstić information content (AvgIpc) is 3.59. The van der Waals surface area contributed by atoms with Gasteiger partial charge >= 0.3 is 0 Å². The number of rotatable bonds is 16. The van der Waals surface area contributed by atoms with Gasteiger partial charge < -0.3 is 25.7 Å². The average molecular weight is 629 g/mol. The van der Waals surface area contributed by atoms with E-state index in [-0.39, 0.29) is 43.3 Å². The van der Waals surface area contributed by atoms with Crippen LogP contribution in [0.3, 0.4) is 0 Å². The van der Waals surface area contributed by atoms with Gasteiger partial charge in [0.15, 0.2) is 0 Å². The van der Waals surface area contributed by atoms with Crippen LogP contribution in [0.15, 0.2) is 29.8 Å². The second-order valence-corrected chi connectivity index (χ2v) is 14.0. The fraction of sp³-hybridized carbons (Fsp3) is 0.647. The summed E-state index contributed by atoms with van der Waals surface area (Å²) < 4.78 is 0. The molecule has 1 saturated heterocycles. The summed E-state index contributed by atoms with van der Waals surface area (Å²) in [6.45, 7) is 9.87. The summed E-state index contributed by atoms with van der Waals surface area (Å²) >= 11 is 1.59. The van der Waals surface area contributed by atoms with Crippen molar-refractivity contribution in [3.63, 3.8) is 0 Å². The summed E-state index contributed by atoms with van der Waals surface area (Å²) in [7, 11) is 0. The number of nitrogens with zero attached hydrogens (tertiary/aromatic N) is 2. The highest BCUT2D eigenvalue weighted by Gasteiger charge is 2.44. The maximum atomic E-state index is 13.8. The van der Waals surface area contributed by atoms with Crippen molar-refractivity contribution >= 4 is 29.1 Å². The zero-order valence-corrected chi connectivity index (χ0v) is 27.9. The first kappa shape index (κ1) is 35.7. The first-order valence-electron chi connectivity index (χ1n) is 16.1. The third-order valence-corrected chi connectivity index (χ3v) is 9.35. The molecule has 1 aromatic heterocycles. The third kappa shape index (κ3) is 10.4. The number of carbonyl (C=O) groups excluding carboxylic acids is 3. The number of benzene rings is 1. The molecule has 0 bridgehead atoms. The Labute approximate surface area is 266 Å². The van der Waals surface area contributed by atoms with Gasteiger partial charge in [-0.25, -0.2) is 4.98 Å². The highest BCUT2D eigenvalue weighted by Crippen LogP contribution is 2.29. The van der Waals surface area contributed by atoms with Crippen molar-refractivity contribution in [3.8, 4) is 10.4 Å². The fourth-order valence-electron chi connectivity index (χ4n) is 5.71. The van der Waals surface area contributed by atoms with Crippen LogP contribution in [0, 0.1) is 12.3 Å². The van der Waals surface area contributed by atoms with Crippen LogP contribution in [0.1, 0.15) is 109 Å². The molecule has 244 valence electrons. The molecule has 3 rings (SSSR count). The topological polar surface area (TPSA) is 132 Å². The number of unbranched alkanes of at least 4 members (excludes halogenated alkanes) is 7. The van der Waals surface area contributed by atoms with Crippen LogP contribution in [0.4, 0.5) is 0 Å². The Morgan fingerprint density at radius 2 is 1.61 bits per heavy atom. The monoisotopic (exact) mass is 628 g/mol. The Morgan fingerprint density at radius 1 is 1.00 bits per heavy atom. The normalized spacial score (nSPS) is 18.2. The van der Waals surface area contributed by atoms with Gasteiger partial charge in [0.1, 0.15) is 12.1 Å². The highest BCUT2D eigenvalue weighted by molar-refractivity contribution is 7.13. The zero-order chi connectivity index (χ0) is 32.3. The van der Waals surface area contributed by atoms with E-state index < -0.39 is 23.6 Å². The lowest BCUT2D eigenvalue weighted by Gasteiger charge is -2.35. The van der Waals surface area contributed by atoms with Crippen LogP contribution in [0.2, 0.25) is 0 Å². The van der Waals surface area contributed by atoms with E-state index in [1.165, 1.54) is 4.90 Å². The lowest BCUT2D eigenvalue weighted by molar-refractivity contribution is -0.144. The molecule has 4 N–H and O–H groups in total. The molecule has 2 aromatic rings. The van der Waals surface area contributed by atoms with Crippen molar-refractivity contribution in [1.29, 1.82) is 0 Å². The number of nitrogens with one attached hydrogen (secondary N) is 2. The van der Waals surface area contributed by atoms with E-state index in [4.69, 9.17) is 5.11 Å². The van der Waals surface area contributed by atoms with Gasteiger partial charge in [-0.05, 0) is 43.2 Å². The fourth-order valence-corrected chi connectivity index (χ4v) is 6.52. The SMILES string of the molecule is Cc1ncsc1-c1ccc([C@H](C)NC(=O)[C@@H]2C[C@@H](O)CN2C(=O)[C@@H](NC(=O)CCCCCCCCCCO)C(C)(C)C)cc1. The van der Waals surface area contributed by atoms with Crippen molar-refractivity contribution in [3.05, 3.63) is 41.0 Å². The summed E-state index contributed by atoms with van der Waals surface area (Å²) in [6, 6.07) is 6.07. The van der Waals surface area contributed by atoms with Gasteiger partial charge in [-0.2, -0.15) is 0 Å². The number of amides is 3. The molecule has 1 aromatic carbocycles. The van der Waals surface area contributed by atoms with E-state index in [9.17, 15) is 19.5 Å². The number of hydrogen-bond donors (Lipinski definition) is 4. The molecule has 44 heavy (non-hydrogen) atoms. The van der Waals surface area contributed by atoms with Crippen LogP contribution in [-0.2, 0) is 14.4 Å². The summed E-state index contributed by atoms with van der Waals surface area (Å²) in [6.07, 6.45) is 7.75. The Bertz CT molecular complexity index is 1210. The molecule has 3 amide bonds. The van der Waals surface area contributed by atoms with E-state index in [0.29, 0.717) is 6.42 Å². The van der Waals surface area contributed by atoms with Crippen LogP contribution < -0.4 is 10.6 Å². The van der Waals surface area contributed by atoms with Gasteiger partial charge in [0.25, 0.3) is 0 Å². The molecular formula is C34H52N4O5S. The molecule has 10 heteroatoms. The molecule has 9 nitrogen and oxygen atoms in total. The van der Waals surface area contributed by atoms with E-state index in [0.717, 1.165) is 73.1 Å². The molecule has 4 atom stereocenters. The first-order chi connectivity index (χ1) is 20.9. The minimum atomic E-state index is -0.821. The lowest BCUT2D eigenvalue weighted by Crippen LogP contribution is -2.57. The molecule has 1 aliphatic heterocycles. The smallest absolute Gasteiger partial charge is 0.246 e. The standard InChI is InChI=1S/C34H52N4O5S/c1-23(25-15-17-26(18-16-25)30-24(2)35-22-44-30)36-32(42)28-20-27(40)21-38(28)33(43)31(34(3,4)5)37-29(41)14-12-10-8-6-7-9-11-13-19-39/h15-18,22-23,27-28,31,39-40H,6-14,19-21H2,1-5H3,(H,36,42)(H,37,41)/t23-,27+,28-,31+/m0/s1. The summed E-state index contributed by atoms with van der Waals surface area (Å²) in [5, 5.41) is 25.3. The predicted octanol–water partition coefficient (Wildman–Crippen LogP) is 5.29. The van der Waals surface area contributed by atoms with E-state index in [1.807, 2.05) is 64.4 Å². The second kappa shape index (κ2) is 17.0. The number of carbonyl (C=O) groups is 3. The van der Waals surface area contributed by atoms with Crippen molar-refractivity contribution in [2.75, 3.05) is 13.2 Å². The van der Waals surface area contributed by atoms with E-state index in [2.05, 4.69) is 15.6 Å². The highest BCUT2D eigenvalue weighted by atomic mass is 32.1. The second-order valence-electron chi connectivity index (χ2n) is 13.2. The minimum absolute atomic E-state index is 0.0505. The molecule has 0 radical (unpaired) electrons. The van der Waals surface area contributed by atoms with Crippen LogP contribution in [-0.4, -0.2) is 69.2 Å². The molecule has 0 saturated carbocycles. The third-order valence-electron chi connectivity index (χ3n) is 8.37. The number of hydrogen-bond acceptors (Lipinski definition) is 7. The Hall–Kier alpha value is -2.82. The Kier molecular flexibility index (Phi) is 13.8. The number of thiazole rings is 1. The number of likely N-dealkylation sites (tertiary alicyclic amines) is 1. The summed E-state index contributed by atoms with van der Waals surface area (Å²) in [4.78, 5) is 47.1. The molecule has 0 unspecified atom stereocenters. The van der Waals surface area contributed by atoms with E-state index in [1.54, 1.807) is 11.3 Å². The largest absolute Gasteiger partial charge is 0.396 e. The van der Waals surface area contributed by atoms with Crippen molar-refractivity contribution in [1.82, 2.24) is 20.5 Å². The first-order valence-corrected chi connectivity index (χ1v) is 17.0. The maximum Gasteiger partial charge on any atom is 0.246 e. The minimum Gasteiger partial charge on any atom is -0.396 e. The number of aryl methyl sites for hydroxylation is 1. The molecule has 0 spiro atoms. The number of aliphatic hydroxyl groups is 2. The number of β-amino-alcohol motifs (C(OH)–C–C–N with tert-alkyl or cyclic N) is 1. The predicted molar refractivity (Wildman–Crippen MR) is 175 cm³/mol. The van der Waals surface area contributed by atoms with Gasteiger partial charge in [0.05, 0.1) is 28.2 Å². The van der Waals surface area contributed by atoms with Gasteiger partial charge in [-0.3, -0.25) is 14.4 Å². The van der Waals surface area contributed by atoms with Gasteiger partial charge in [0, 0.05) is 26.0 Å². The van der Waals surface area contributed by atoms with Crippen molar-refractivity contribution in [2.45, 2.75) is 123 Å². The Morgan fingerprint density at radius 3 is 2.18 bits per heavy atom. The number of aromatic nitrogens is 1. The van der Waals surface area contributed by atoms with Crippen molar-refractivity contribution < 1.29 is 24.6 Å². The van der Waals surface area contributed by atoms with Crippen LogP contribution in [0.25, 0.3) is 10.4 Å². The van der Waals surface area contributed by atoms with Gasteiger partial charge in [-0.1, -0.05) is 83.6 Å². The maximum absolute atomic E-state index is 13.8. The number of aliphatic hydroxyl groups excluding tert-OH is 2. The van der Waals surface area contributed by atoms with Crippen molar-refractivity contribution in [2.24, 2.45) is 5.41 Å². The molecule has 1 fully saturated rings. The summed E-state index contributed by atoms with van der Waals surface area (Å²) in [5.74, 6) is -0.838. The van der Waals surface area contributed by atoms with Gasteiger partial charge in [-0.15, -0.1) is 11.3 Å². The lowest BCUT2D eigenvalue weighted by atomic mass is 9.85.